The maximum absolute atomic E-state index is 4.07. The van der Waals surface area contributed by atoms with E-state index in [1.165, 1.54) is 32.2 Å². The third-order valence-corrected chi connectivity index (χ3v) is 3.45. The lowest BCUT2D eigenvalue weighted by atomic mass is 10.1. The summed E-state index contributed by atoms with van der Waals surface area (Å²) in [5.74, 6) is 1.13. The predicted octanol–water partition coefficient (Wildman–Crippen LogP) is 1.43. The normalized spacial score (nSPS) is 21.6. The van der Waals surface area contributed by atoms with Gasteiger partial charge in [0.25, 0.3) is 0 Å². The summed E-state index contributed by atoms with van der Waals surface area (Å²) in [7, 11) is 0. The quantitative estimate of drug-likeness (QED) is 0.572. The predicted molar refractivity (Wildman–Crippen MR) is 57.4 cm³/mol. The lowest BCUT2D eigenvalue weighted by Gasteiger charge is -2.08. The minimum Gasteiger partial charge on any atom is -0.314 e. The lowest BCUT2D eigenvalue weighted by molar-refractivity contribution is 0.553. The van der Waals surface area contributed by atoms with E-state index < -0.39 is 0 Å². The first-order valence-corrected chi connectivity index (χ1v) is 6.15. The number of nitrogens with zero attached hydrogens (tertiary/aromatic N) is 2. The van der Waals surface area contributed by atoms with E-state index in [1.54, 1.807) is 18.1 Å². The molecule has 1 aliphatic heterocycles. The van der Waals surface area contributed by atoms with Crippen molar-refractivity contribution in [3.8, 4) is 0 Å². The van der Waals surface area contributed by atoms with E-state index in [0.717, 1.165) is 17.0 Å². The fourth-order valence-electron chi connectivity index (χ4n) is 1.77. The van der Waals surface area contributed by atoms with Crippen LogP contribution in [0.25, 0.3) is 0 Å². The monoisotopic (exact) mass is 212 g/mol. The number of nitrogens with one attached hydrogen (secondary N) is 2. The summed E-state index contributed by atoms with van der Waals surface area (Å²) in [5, 5.41) is 11.1. The van der Waals surface area contributed by atoms with Crippen molar-refractivity contribution in [2.45, 2.75) is 36.9 Å². The summed E-state index contributed by atoms with van der Waals surface area (Å²) in [6.45, 7) is 1.21. The number of rotatable bonds is 5. The van der Waals surface area contributed by atoms with Gasteiger partial charge >= 0.3 is 0 Å². The maximum atomic E-state index is 4.07. The van der Waals surface area contributed by atoms with Crippen LogP contribution in [0.3, 0.4) is 0 Å². The zero-order chi connectivity index (χ0) is 9.64. The molecular weight excluding hydrogens is 196 g/mol. The van der Waals surface area contributed by atoms with Crippen LogP contribution in [0.2, 0.25) is 0 Å². The van der Waals surface area contributed by atoms with Crippen molar-refractivity contribution in [2.24, 2.45) is 0 Å². The van der Waals surface area contributed by atoms with Gasteiger partial charge in [-0.05, 0) is 32.2 Å². The molecule has 78 valence electrons. The molecule has 2 N–H and O–H groups in total. The first kappa shape index (κ1) is 9.98. The Morgan fingerprint density at radius 1 is 1.57 bits per heavy atom. The summed E-state index contributed by atoms with van der Waals surface area (Å²) in [4.78, 5) is 4.07. The van der Waals surface area contributed by atoms with Crippen LogP contribution in [0.15, 0.2) is 11.5 Å². The van der Waals surface area contributed by atoms with Crippen LogP contribution in [-0.4, -0.2) is 33.5 Å². The summed E-state index contributed by atoms with van der Waals surface area (Å²) in [6.07, 6.45) is 6.80. The summed E-state index contributed by atoms with van der Waals surface area (Å²) in [5.41, 5.74) is 0. The number of thioether (sulfide) groups is 1. The highest BCUT2D eigenvalue weighted by molar-refractivity contribution is 7.99. The Bertz CT molecular complexity index is 243. The molecule has 0 spiro atoms. The number of aromatic nitrogens is 3. The summed E-state index contributed by atoms with van der Waals surface area (Å²) >= 11 is 1.75. The van der Waals surface area contributed by atoms with Gasteiger partial charge < -0.3 is 5.32 Å². The second-order valence-corrected chi connectivity index (χ2v) is 4.66. The second kappa shape index (κ2) is 5.36. The van der Waals surface area contributed by atoms with Crippen LogP contribution < -0.4 is 5.32 Å². The van der Waals surface area contributed by atoms with Gasteiger partial charge in [-0.15, -0.1) is 0 Å². The highest BCUT2D eigenvalue weighted by Gasteiger charge is 2.12. The Labute approximate surface area is 88.3 Å². The van der Waals surface area contributed by atoms with Crippen LogP contribution in [0.1, 0.15) is 25.7 Å². The fourth-order valence-corrected chi connectivity index (χ4v) is 2.51. The van der Waals surface area contributed by atoms with Crippen LogP contribution in [0, 0.1) is 0 Å². The van der Waals surface area contributed by atoms with Crippen LogP contribution in [0.4, 0.5) is 0 Å². The zero-order valence-electron chi connectivity index (χ0n) is 8.20. The fraction of sp³-hybridized carbons (Fsp3) is 0.778. The van der Waals surface area contributed by atoms with Gasteiger partial charge in [0, 0.05) is 11.8 Å². The smallest absolute Gasteiger partial charge is 0.183 e. The standard InChI is InChI=1S/C9H16N4S/c1-3-8(10-5-1)4-2-6-14-9-11-7-12-13-9/h7-8,10H,1-6H2,(H,11,12,13). The highest BCUT2D eigenvalue weighted by Crippen LogP contribution is 2.16. The first-order chi connectivity index (χ1) is 6.95. The third-order valence-electron chi connectivity index (χ3n) is 2.49. The van der Waals surface area contributed by atoms with Crippen LogP contribution in [-0.2, 0) is 0 Å². The van der Waals surface area contributed by atoms with Crippen molar-refractivity contribution in [1.82, 2.24) is 20.5 Å². The molecular formula is C9H16N4S. The van der Waals surface area contributed by atoms with Crippen molar-refractivity contribution >= 4 is 11.8 Å². The highest BCUT2D eigenvalue weighted by atomic mass is 32.2. The average Bonchev–Trinajstić information content (AvgIpc) is 2.86. The first-order valence-electron chi connectivity index (χ1n) is 5.17. The average molecular weight is 212 g/mol. The van der Waals surface area contributed by atoms with Gasteiger partial charge in [-0.3, -0.25) is 5.10 Å². The molecule has 0 radical (unpaired) electrons. The molecule has 2 rings (SSSR count). The van der Waals surface area contributed by atoms with Gasteiger partial charge in [0.1, 0.15) is 6.33 Å². The molecule has 0 saturated carbocycles. The Morgan fingerprint density at radius 3 is 3.29 bits per heavy atom. The molecule has 0 amide bonds. The van der Waals surface area contributed by atoms with Gasteiger partial charge in [-0.1, -0.05) is 11.8 Å². The van der Waals surface area contributed by atoms with Crippen molar-refractivity contribution in [2.75, 3.05) is 12.3 Å². The van der Waals surface area contributed by atoms with Crippen LogP contribution >= 0.6 is 11.8 Å². The molecule has 0 aromatic carbocycles. The Morgan fingerprint density at radius 2 is 2.57 bits per heavy atom. The zero-order valence-corrected chi connectivity index (χ0v) is 9.02. The molecule has 4 nitrogen and oxygen atoms in total. The van der Waals surface area contributed by atoms with Gasteiger partial charge in [-0.25, -0.2) is 4.98 Å². The number of hydrogen-bond donors (Lipinski definition) is 2. The molecule has 1 aromatic heterocycles. The number of aromatic amines is 1. The molecule has 1 saturated heterocycles. The van der Waals surface area contributed by atoms with E-state index in [0.29, 0.717) is 0 Å². The molecule has 1 atom stereocenters. The molecule has 5 heteroatoms. The largest absolute Gasteiger partial charge is 0.314 e. The molecule has 1 aliphatic rings. The van der Waals surface area contributed by atoms with E-state index in [4.69, 9.17) is 0 Å². The van der Waals surface area contributed by atoms with Gasteiger partial charge in [0.15, 0.2) is 5.16 Å². The molecule has 0 bridgehead atoms. The third kappa shape index (κ3) is 2.99. The minimum absolute atomic E-state index is 0.769. The summed E-state index contributed by atoms with van der Waals surface area (Å²) < 4.78 is 0. The second-order valence-electron chi connectivity index (χ2n) is 3.57. The SMILES string of the molecule is c1n[nH]c(SCCCC2CCCN2)n1. The molecule has 1 unspecified atom stereocenters. The molecule has 1 aromatic rings. The summed E-state index contributed by atoms with van der Waals surface area (Å²) in [6, 6.07) is 0.769. The Hall–Kier alpha value is -0.550. The number of hydrogen-bond acceptors (Lipinski definition) is 4. The Balaban J connectivity index is 1.55. The van der Waals surface area contributed by atoms with Crippen LogP contribution in [0.5, 0.6) is 0 Å². The van der Waals surface area contributed by atoms with E-state index in [-0.39, 0.29) is 0 Å². The van der Waals surface area contributed by atoms with Gasteiger partial charge in [0.2, 0.25) is 0 Å². The van der Waals surface area contributed by atoms with E-state index >= 15 is 0 Å². The lowest BCUT2D eigenvalue weighted by Crippen LogP contribution is -2.20. The van der Waals surface area contributed by atoms with Crippen molar-refractivity contribution < 1.29 is 0 Å². The minimum atomic E-state index is 0.769. The van der Waals surface area contributed by atoms with Crippen molar-refractivity contribution in [3.05, 3.63) is 6.33 Å². The van der Waals surface area contributed by atoms with Crippen molar-refractivity contribution in [3.63, 3.8) is 0 Å². The maximum Gasteiger partial charge on any atom is 0.183 e. The Kier molecular flexibility index (Phi) is 3.82. The molecule has 0 aliphatic carbocycles. The topological polar surface area (TPSA) is 53.6 Å². The van der Waals surface area contributed by atoms with Gasteiger partial charge in [-0.2, -0.15) is 5.10 Å². The molecule has 1 fully saturated rings. The van der Waals surface area contributed by atoms with E-state index in [9.17, 15) is 0 Å². The number of H-pyrrole nitrogens is 1. The van der Waals surface area contributed by atoms with E-state index in [2.05, 4.69) is 20.5 Å². The van der Waals surface area contributed by atoms with Gasteiger partial charge in [0.05, 0.1) is 0 Å². The van der Waals surface area contributed by atoms with Crippen molar-refractivity contribution in [1.29, 1.82) is 0 Å². The molecule has 2 heterocycles. The van der Waals surface area contributed by atoms with E-state index in [1.807, 2.05) is 0 Å². The molecule has 14 heavy (non-hydrogen) atoms.